The van der Waals surface area contributed by atoms with Crippen molar-refractivity contribution in [3.63, 3.8) is 0 Å². The molecule has 1 atom stereocenters. The van der Waals surface area contributed by atoms with Crippen molar-refractivity contribution in [3.05, 3.63) is 16.3 Å². The lowest BCUT2D eigenvalue weighted by atomic mass is 10.3. The van der Waals surface area contributed by atoms with E-state index in [-0.39, 0.29) is 9.77 Å². The van der Waals surface area contributed by atoms with Crippen LogP contribution in [0.25, 0.3) is 0 Å². The lowest BCUT2D eigenvalue weighted by Gasteiger charge is -2.13. The van der Waals surface area contributed by atoms with E-state index in [9.17, 15) is 18.0 Å². The van der Waals surface area contributed by atoms with Gasteiger partial charge >= 0.3 is 5.97 Å². The van der Waals surface area contributed by atoms with Crippen molar-refractivity contribution in [3.8, 4) is 0 Å². The summed E-state index contributed by atoms with van der Waals surface area (Å²) in [5.74, 6) is -1.91. The van der Waals surface area contributed by atoms with E-state index in [1.165, 1.54) is 32.5 Å². The minimum Gasteiger partial charge on any atom is -0.480 e. The van der Waals surface area contributed by atoms with Crippen LogP contribution in [0.3, 0.4) is 0 Å². The number of carboxylic acid groups (broad SMARTS) is 1. The number of hydrogen-bond donors (Lipinski definition) is 2. The molecule has 0 aliphatic heterocycles. The second kappa shape index (κ2) is 5.68. The number of hydrogen-bond acceptors (Lipinski definition) is 5. The van der Waals surface area contributed by atoms with Gasteiger partial charge in [-0.2, -0.15) is 0 Å². The van der Waals surface area contributed by atoms with Crippen LogP contribution in [0.4, 0.5) is 0 Å². The summed E-state index contributed by atoms with van der Waals surface area (Å²) < 4.78 is 24.9. The van der Waals surface area contributed by atoms with Crippen LogP contribution >= 0.6 is 11.3 Å². The molecule has 0 saturated carbocycles. The van der Waals surface area contributed by atoms with Gasteiger partial charge in [0.05, 0.1) is 0 Å². The summed E-state index contributed by atoms with van der Waals surface area (Å²) in [4.78, 5) is 22.4. The van der Waals surface area contributed by atoms with Crippen molar-refractivity contribution in [1.82, 2.24) is 9.62 Å². The van der Waals surface area contributed by atoms with Gasteiger partial charge in [0, 0.05) is 14.1 Å². The first-order valence-electron chi connectivity index (χ1n) is 5.21. The second-order valence-corrected chi connectivity index (χ2v) is 6.97. The van der Waals surface area contributed by atoms with Gasteiger partial charge in [0.1, 0.15) is 15.8 Å². The normalized spacial score (nSPS) is 13.3. The first-order chi connectivity index (χ1) is 8.67. The van der Waals surface area contributed by atoms with Crippen molar-refractivity contribution in [1.29, 1.82) is 0 Å². The molecule has 2 N–H and O–H groups in total. The van der Waals surface area contributed by atoms with E-state index in [2.05, 4.69) is 5.32 Å². The van der Waals surface area contributed by atoms with Gasteiger partial charge in [-0.15, -0.1) is 11.3 Å². The van der Waals surface area contributed by atoms with Crippen LogP contribution in [0.2, 0.25) is 0 Å². The summed E-state index contributed by atoms with van der Waals surface area (Å²) in [6.07, 6.45) is 0. The van der Waals surface area contributed by atoms with Crippen LogP contribution < -0.4 is 5.32 Å². The average Bonchev–Trinajstić information content (AvgIpc) is 2.77. The maximum absolute atomic E-state index is 12.0. The Balaban J connectivity index is 3.08. The van der Waals surface area contributed by atoms with E-state index >= 15 is 0 Å². The highest BCUT2D eigenvalue weighted by molar-refractivity contribution is 7.89. The molecule has 1 aromatic heterocycles. The third-order valence-electron chi connectivity index (χ3n) is 2.31. The predicted molar refractivity (Wildman–Crippen MR) is 69.8 cm³/mol. The molecule has 1 heterocycles. The topological polar surface area (TPSA) is 104 Å². The number of amides is 1. The van der Waals surface area contributed by atoms with Crippen molar-refractivity contribution in [2.45, 2.75) is 17.9 Å². The van der Waals surface area contributed by atoms with E-state index in [0.29, 0.717) is 0 Å². The van der Waals surface area contributed by atoms with Gasteiger partial charge in [0.2, 0.25) is 10.0 Å². The van der Waals surface area contributed by atoms with E-state index < -0.39 is 27.9 Å². The number of carbonyl (C=O) groups is 2. The van der Waals surface area contributed by atoms with Crippen molar-refractivity contribution in [2.24, 2.45) is 0 Å². The molecular formula is C10H14N2O5S2. The molecule has 7 nitrogen and oxygen atoms in total. The third-order valence-corrected chi connectivity index (χ3v) is 5.21. The molecule has 0 unspecified atom stereocenters. The Morgan fingerprint density at radius 3 is 2.47 bits per heavy atom. The van der Waals surface area contributed by atoms with Crippen LogP contribution in [-0.2, 0) is 14.8 Å². The van der Waals surface area contributed by atoms with Crippen LogP contribution in [-0.4, -0.2) is 49.8 Å². The standard InChI is InChI=1S/C10H14N2O5S2/c1-6(10(14)15)11-9(13)8-7(4-5-18-8)19(16,17)12(2)3/h4-6H,1-3H3,(H,11,13)(H,14,15)/t6-/m0/s1. The molecule has 1 aromatic rings. The Bertz CT molecular complexity index is 591. The number of carboxylic acids is 1. The van der Waals surface area contributed by atoms with E-state index in [4.69, 9.17) is 5.11 Å². The number of nitrogens with zero attached hydrogens (tertiary/aromatic N) is 1. The largest absolute Gasteiger partial charge is 0.480 e. The van der Waals surface area contributed by atoms with Crippen molar-refractivity contribution in [2.75, 3.05) is 14.1 Å². The monoisotopic (exact) mass is 306 g/mol. The van der Waals surface area contributed by atoms with E-state index in [1.54, 1.807) is 0 Å². The van der Waals surface area contributed by atoms with Gasteiger partial charge in [0.15, 0.2) is 0 Å². The average molecular weight is 306 g/mol. The summed E-state index contributed by atoms with van der Waals surface area (Å²) in [5.41, 5.74) is 0. The Hall–Kier alpha value is -1.45. The lowest BCUT2D eigenvalue weighted by molar-refractivity contribution is -0.138. The van der Waals surface area contributed by atoms with Crippen molar-refractivity contribution < 1.29 is 23.1 Å². The molecule has 0 aliphatic rings. The Morgan fingerprint density at radius 1 is 1.42 bits per heavy atom. The summed E-state index contributed by atoms with van der Waals surface area (Å²) in [5, 5.41) is 12.4. The summed E-state index contributed by atoms with van der Waals surface area (Å²) in [6.45, 7) is 1.30. The molecule has 19 heavy (non-hydrogen) atoms. The number of sulfonamides is 1. The summed E-state index contributed by atoms with van der Waals surface area (Å²) >= 11 is 0.945. The quantitative estimate of drug-likeness (QED) is 0.809. The minimum absolute atomic E-state index is 0.0261. The van der Waals surface area contributed by atoms with Gasteiger partial charge in [0.25, 0.3) is 5.91 Å². The molecule has 0 spiro atoms. The number of carbonyl (C=O) groups excluding carboxylic acids is 1. The molecule has 0 saturated heterocycles. The van der Waals surface area contributed by atoms with E-state index in [0.717, 1.165) is 15.6 Å². The zero-order valence-electron chi connectivity index (χ0n) is 10.6. The van der Waals surface area contributed by atoms with Gasteiger partial charge in [-0.05, 0) is 18.4 Å². The van der Waals surface area contributed by atoms with Gasteiger partial charge in [-0.3, -0.25) is 9.59 Å². The van der Waals surface area contributed by atoms with Crippen LogP contribution in [0.1, 0.15) is 16.6 Å². The van der Waals surface area contributed by atoms with Crippen LogP contribution in [0.15, 0.2) is 16.3 Å². The predicted octanol–water partition coefficient (Wildman–Crippen LogP) is 0.201. The smallest absolute Gasteiger partial charge is 0.325 e. The fraction of sp³-hybridized carbons (Fsp3) is 0.400. The Labute approximate surface area is 114 Å². The van der Waals surface area contributed by atoms with Crippen molar-refractivity contribution >= 4 is 33.2 Å². The highest BCUT2D eigenvalue weighted by atomic mass is 32.2. The zero-order valence-corrected chi connectivity index (χ0v) is 12.2. The number of thiophene rings is 1. The molecule has 9 heteroatoms. The highest BCUT2D eigenvalue weighted by Crippen LogP contribution is 2.24. The molecule has 0 aromatic carbocycles. The molecule has 0 radical (unpaired) electrons. The maximum Gasteiger partial charge on any atom is 0.325 e. The van der Waals surface area contributed by atoms with Crippen LogP contribution in [0.5, 0.6) is 0 Å². The van der Waals surface area contributed by atoms with E-state index in [1.807, 2.05) is 0 Å². The molecule has 106 valence electrons. The molecule has 1 rings (SSSR count). The lowest BCUT2D eigenvalue weighted by Crippen LogP contribution is -2.38. The minimum atomic E-state index is -3.73. The molecule has 0 bridgehead atoms. The van der Waals surface area contributed by atoms with Gasteiger partial charge in [-0.1, -0.05) is 0 Å². The van der Waals surface area contributed by atoms with Gasteiger partial charge in [-0.25, -0.2) is 12.7 Å². The van der Waals surface area contributed by atoms with Crippen LogP contribution in [0, 0.1) is 0 Å². The zero-order chi connectivity index (χ0) is 14.8. The Kier molecular flexibility index (Phi) is 4.66. The molecule has 0 fully saturated rings. The number of rotatable bonds is 5. The second-order valence-electron chi connectivity index (χ2n) is 3.93. The summed E-state index contributed by atoms with van der Waals surface area (Å²) in [6, 6.07) is 0.227. The first-order valence-corrected chi connectivity index (χ1v) is 7.53. The third kappa shape index (κ3) is 3.31. The SMILES string of the molecule is C[C@H](NC(=O)c1sccc1S(=O)(=O)N(C)C)C(=O)O. The molecule has 1 amide bonds. The first kappa shape index (κ1) is 15.6. The fourth-order valence-electron chi connectivity index (χ4n) is 1.19. The fourth-order valence-corrected chi connectivity index (χ4v) is 3.38. The molecule has 0 aliphatic carbocycles. The summed E-state index contributed by atoms with van der Waals surface area (Å²) in [7, 11) is -1.02. The Morgan fingerprint density at radius 2 is 2.00 bits per heavy atom. The number of aliphatic carboxylic acids is 1. The van der Waals surface area contributed by atoms with Gasteiger partial charge < -0.3 is 10.4 Å². The maximum atomic E-state index is 12.0. The number of nitrogens with one attached hydrogen (secondary N) is 1. The molecular weight excluding hydrogens is 292 g/mol. The highest BCUT2D eigenvalue weighted by Gasteiger charge is 2.27.